The van der Waals surface area contributed by atoms with Crippen LogP contribution in [0.15, 0.2) is 17.1 Å². The Morgan fingerprint density at radius 3 is 3.00 bits per heavy atom. The molecule has 0 radical (unpaired) electrons. The Hall–Kier alpha value is -1.69. The van der Waals surface area contributed by atoms with Crippen molar-refractivity contribution in [1.29, 1.82) is 0 Å². The van der Waals surface area contributed by atoms with E-state index in [9.17, 15) is 9.59 Å². The fourth-order valence-electron chi connectivity index (χ4n) is 0.825. The Labute approximate surface area is 74.3 Å². The summed E-state index contributed by atoms with van der Waals surface area (Å²) in [5, 5.41) is 3.75. The number of carbonyl (C=O) groups excluding carboxylic acids is 1. The number of hydrazine groups is 1. The van der Waals surface area contributed by atoms with E-state index in [0.717, 1.165) is 10.2 Å². The molecule has 0 fully saturated rings. The van der Waals surface area contributed by atoms with E-state index < -0.39 is 5.91 Å². The molecule has 0 unspecified atom stereocenters. The van der Waals surface area contributed by atoms with Gasteiger partial charge in [0.15, 0.2) is 0 Å². The monoisotopic (exact) mass is 182 g/mol. The predicted octanol–water partition coefficient (Wildman–Crippen LogP) is -1.46. The summed E-state index contributed by atoms with van der Waals surface area (Å²) in [5.41, 5.74) is 2.36. The molecular formula is C7H10N4O2. The maximum Gasteiger partial charge on any atom is 0.267 e. The highest BCUT2D eigenvalue weighted by Crippen LogP contribution is 1.85. The van der Waals surface area contributed by atoms with Gasteiger partial charge in [0.2, 0.25) is 0 Å². The van der Waals surface area contributed by atoms with Crippen LogP contribution in [0.4, 0.5) is 0 Å². The minimum Gasteiger partial charge on any atom is -0.293 e. The second kappa shape index (κ2) is 3.81. The van der Waals surface area contributed by atoms with Crippen molar-refractivity contribution < 1.29 is 4.79 Å². The summed E-state index contributed by atoms with van der Waals surface area (Å²) in [4.78, 5) is 22.0. The molecule has 0 saturated heterocycles. The first-order chi connectivity index (χ1) is 6.13. The van der Waals surface area contributed by atoms with E-state index in [1.807, 2.05) is 5.43 Å². The second-order valence-corrected chi connectivity index (χ2v) is 2.60. The summed E-state index contributed by atoms with van der Waals surface area (Å²) < 4.78 is 1.04. The molecule has 1 aromatic rings. The largest absolute Gasteiger partial charge is 0.293 e. The minimum absolute atomic E-state index is 0.157. The van der Waals surface area contributed by atoms with Crippen molar-refractivity contribution in [3.63, 3.8) is 0 Å². The molecule has 0 aliphatic heterocycles. The van der Waals surface area contributed by atoms with Gasteiger partial charge in [-0.2, -0.15) is 5.10 Å². The summed E-state index contributed by atoms with van der Waals surface area (Å²) in [7, 11) is 0. The molecule has 0 saturated carbocycles. The molecule has 0 aliphatic rings. The first-order valence-corrected chi connectivity index (χ1v) is 3.66. The normalized spacial score (nSPS) is 9.69. The van der Waals surface area contributed by atoms with Crippen molar-refractivity contribution in [2.45, 2.75) is 13.5 Å². The third kappa shape index (κ3) is 2.38. The standard InChI is InChI=1S/C7H10N4O2/c1-5-2-7(13)11(9-3-5)4-6(12)10-8/h2-3H,4,8H2,1H3,(H,10,12). The van der Waals surface area contributed by atoms with Gasteiger partial charge in [-0.3, -0.25) is 15.0 Å². The van der Waals surface area contributed by atoms with Crippen molar-refractivity contribution in [3.8, 4) is 0 Å². The van der Waals surface area contributed by atoms with Crippen LogP contribution < -0.4 is 16.8 Å². The van der Waals surface area contributed by atoms with Crippen LogP contribution in [0.3, 0.4) is 0 Å². The number of nitrogens with two attached hydrogens (primary N) is 1. The molecule has 0 bridgehead atoms. The molecular weight excluding hydrogens is 172 g/mol. The van der Waals surface area contributed by atoms with Crippen molar-refractivity contribution in [1.82, 2.24) is 15.2 Å². The van der Waals surface area contributed by atoms with Gasteiger partial charge >= 0.3 is 0 Å². The zero-order valence-electron chi connectivity index (χ0n) is 7.15. The van der Waals surface area contributed by atoms with Gasteiger partial charge in [0, 0.05) is 6.07 Å². The quantitative estimate of drug-likeness (QED) is 0.332. The smallest absolute Gasteiger partial charge is 0.267 e. The lowest BCUT2D eigenvalue weighted by molar-refractivity contribution is -0.122. The number of hydrogen-bond acceptors (Lipinski definition) is 4. The molecule has 6 nitrogen and oxygen atoms in total. The van der Waals surface area contributed by atoms with E-state index in [-0.39, 0.29) is 12.1 Å². The van der Waals surface area contributed by atoms with E-state index in [1.54, 1.807) is 6.92 Å². The van der Waals surface area contributed by atoms with Crippen LogP contribution in [0, 0.1) is 6.92 Å². The number of amides is 1. The zero-order valence-corrected chi connectivity index (χ0v) is 7.15. The van der Waals surface area contributed by atoms with Gasteiger partial charge in [-0.1, -0.05) is 0 Å². The third-order valence-corrected chi connectivity index (χ3v) is 1.46. The summed E-state index contributed by atoms with van der Waals surface area (Å²) >= 11 is 0. The van der Waals surface area contributed by atoms with Gasteiger partial charge in [-0.25, -0.2) is 10.5 Å². The number of aromatic nitrogens is 2. The lowest BCUT2D eigenvalue weighted by Crippen LogP contribution is -2.37. The SMILES string of the molecule is Cc1cnn(CC(=O)NN)c(=O)c1. The van der Waals surface area contributed by atoms with Crippen LogP contribution in [0.1, 0.15) is 5.56 Å². The molecule has 1 rings (SSSR count). The number of nitrogens with zero attached hydrogens (tertiary/aromatic N) is 2. The van der Waals surface area contributed by atoms with Gasteiger partial charge in [-0.15, -0.1) is 0 Å². The summed E-state index contributed by atoms with van der Waals surface area (Å²) in [5.74, 6) is 4.40. The summed E-state index contributed by atoms with van der Waals surface area (Å²) in [6.45, 7) is 1.59. The Morgan fingerprint density at radius 2 is 2.46 bits per heavy atom. The summed E-state index contributed by atoms with van der Waals surface area (Å²) in [6, 6.07) is 1.40. The van der Waals surface area contributed by atoms with Crippen LogP contribution in [-0.4, -0.2) is 15.7 Å². The molecule has 1 heterocycles. The van der Waals surface area contributed by atoms with Crippen molar-refractivity contribution in [3.05, 3.63) is 28.2 Å². The maximum absolute atomic E-state index is 11.2. The average Bonchev–Trinajstić information content (AvgIpc) is 2.09. The molecule has 1 amide bonds. The lowest BCUT2D eigenvalue weighted by atomic mass is 10.3. The molecule has 13 heavy (non-hydrogen) atoms. The Kier molecular flexibility index (Phi) is 2.76. The van der Waals surface area contributed by atoms with Gasteiger partial charge in [0.05, 0.1) is 6.20 Å². The van der Waals surface area contributed by atoms with Crippen LogP contribution >= 0.6 is 0 Å². The van der Waals surface area contributed by atoms with Gasteiger partial charge < -0.3 is 0 Å². The number of aryl methyl sites for hydroxylation is 1. The fourth-order valence-corrected chi connectivity index (χ4v) is 0.825. The van der Waals surface area contributed by atoms with E-state index in [4.69, 9.17) is 5.84 Å². The number of rotatable bonds is 2. The number of hydrogen-bond donors (Lipinski definition) is 2. The van der Waals surface area contributed by atoms with E-state index >= 15 is 0 Å². The van der Waals surface area contributed by atoms with Crippen molar-refractivity contribution in [2.24, 2.45) is 5.84 Å². The summed E-state index contributed by atoms with van der Waals surface area (Å²) in [6.07, 6.45) is 1.51. The van der Waals surface area contributed by atoms with Crippen LogP contribution in [-0.2, 0) is 11.3 Å². The van der Waals surface area contributed by atoms with E-state index in [1.165, 1.54) is 12.3 Å². The molecule has 0 atom stereocenters. The van der Waals surface area contributed by atoms with Gasteiger partial charge in [0.25, 0.3) is 11.5 Å². The van der Waals surface area contributed by atoms with Crippen LogP contribution in [0.5, 0.6) is 0 Å². The first-order valence-electron chi connectivity index (χ1n) is 3.66. The zero-order chi connectivity index (χ0) is 9.84. The molecule has 0 spiro atoms. The Bertz CT molecular complexity index is 371. The molecule has 6 heteroatoms. The van der Waals surface area contributed by atoms with Gasteiger partial charge in [0.1, 0.15) is 6.54 Å². The highest BCUT2D eigenvalue weighted by Gasteiger charge is 2.02. The van der Waals surface area contributed by atoms with Crippen LogP contribution in [0.25, 0.3) is 0 Å². The molecule has 1 aromatic heterocycles. The van der Waals surface area contributed by atoms with E-state index in [0.29, 0.717) is 0 Å². The first kappa shape index (κ1) is 9.40. The highest BCUT2D eigenvalue weighted by molar-refractivity contribution is 5.74. The van der Waals surface area contributed by atoms with Crippen molar-refractivity contribution in [2.75, 3.05) is 0 Å². The van der Waals surface area contributed by atoms with Crippen molar-refractivity contribution >= 4 is 5.91 Å². The second-order valence-electron chi connectivity index (χ2n) is 2.60. The topological polar surface area (TPSA) is 90.0 Å². The lowest BCUT2D eigenvalue weighted by Gasteiger charge is -2.02. The maximum atomic E-state index is 11.2. The molecule has 0 aromatic carbocycles. The molecule has 70 valence electrons. The number of nitrogens with one attached hydrogen (secondary N) is 1. The third-order valence-electron chi connectivity index (χ3n) is 1.46. The average molecular weight is 182 g/mol. The predicted molar refractivity (Wildman–Crippen MR) is 45.6 cm³/mol. The molecule has 0 aliphatic carbocycles. The van der Waals surface area contributed by atoms with Crippen LogP contribution in [0.2, 0.25) is 0 Å². The molecule has 3 N–H and O–H groups in total. The minimum atomic E-state index is -0.460. The fraction of sp³-hybridized carbons (Fsp3) is 0.286. The Balaban J connectivity index is 2.90. The Morgan fingerprint density at radius 1 is 1.77 bits per heavy atom. The van der Waals surface area contributed by atoms with Gasteiger partial charge in [-0.05, 0) is 12.5 Å². The number of carbonyl (C=O) groups is 1. The highest BCUT2D eigenvalue weighted by atomic mass is 16.2. The van der Waals surface area contributed by atoms with E-state index in [2.05, 4.69) is 5.10 Å².